The first-order valence-corrected chi connectivity index (χ1v) is 5.92. The summed E-state index contributed by atoms with van der Waals surface area (Å²) in [7, 11) is 0. The fourth-order valence-corrected chi connectivity index (χ4v) is 1.85. The number of ether oxygens (including phenoxy) is 1. The second-order valence-electron chi connectivity index (χ2n) is 5.29. The molecule has 0 aliphatic carbocycles. The smallest absolute Gasteiger partial charge is 0.416 e. The first-order valence-electron chi connectivity index (χ1n) is 5.92. The Hall–Kier alpha value is -2.12. The second-order valence-corrected chi connectivity index (χ2v) is 5.29. The minimum Gasteiger partial charge on any atom is -0.480 e. The van der Waals surface area contributed by atoms with Crippen LogP contribution in [0.2, 0.25) is 0 Å². The van der Waals surface area contributed by atoms with Gasteiger partial charge in [-0.05, 0) is 20.8 Å². The molecule has 0 fully saturated rings. The van der Waals surface area contributed by atoms with Gasteiger partial charge in [-0.3, -0.25) is 9.69 Å². The normalized spacial score (nSPS) is 14.4. The maximum absolute atomic E-state index is 12.0. The summed E-state index contributed by atoms with van der Waals surface area (Å²) >= 11 is 0. The Morgan fingerprint density at radius 2 is 2.11 bits per heavy atom. The van der Waals surface area contributed by atoms with Crippen LogP contribution in [0.3, 0.4) is 0 Å². The lowest BCUT2D eigenvalue weighted by Crippen LogP contribution is -2.36. The molecule has 2 heterocycles. The Morgan fingerprint density at radius 3 is 2.68 bits per heavy atom. The van der Waals surface area contributed by atoms with Gasteiger partial charge in [0.05, 0.1) is 5.69 Å². The molecule has 0 atom stereocenters. The van der Waals surface area contributed by atoms with Gasteiger partial charge in [0, 0.05) is 13.0 Å². The second kappa shape index (κ2) is 4.52. The van der Waals surface area contributed by atoms with Crippen molar-refractivity contribution in [2.24, 2.45) is 0 Å². The SMILES string of the molecule is CC(C)(C)OC(=O)N1CCc2c1nnn2CC(=O)O. The highest BCUT2D eigenvalue weighted by Crippen LogP contribution is 2.26. The van der Waals surface area contributed by atoms with Gasteiger partial charge in [-0.2, -0.15) is 0 Å². The van der Waals surface area contributed by atoms with Crippen LogP contribution in [0.5, 0.6) is 0 Å². The highest BCUT2D eigenvalue weighted by molar-refractivity contribution is 5.88. The molecule has 0 saturated heterocycles. The van der Waals surface area contributed by atoms with Gasteiger partial charge in [-0.1, -0.05) is 5.21 Å². The van der Waals surface area contributed by atoms with Crippen molar-refractivity contribution >= 4 is 17.9 Å². The van der Waals surface area contributed by atoms with Crippen molar-refractivity contribution in [1.82, 2.24) is 15.0 Å². The van der Waals surface area contributed by atoms with Crippen molar-refractivity contribution in [2.45, 2.75) is 39.3 Å². The maximum atomic E-state index is 12.0. The fourth-order valence-electron chi connectivity index (χ4n) is 1.85. The Bertz CT molecular complexity index is 517. The number of aromatic nitrogens is 3. The zero-order valence-electron chi connectivity index (χ0n) is 11.1. The molecular weight excluding hydrogens is 252 g/mol. The van der Waals surface area contributed by atoms with E-state index in [1.807, 2.05) is 0 Å². The highest BCUT2D eigenvalue weighted by Gasteiger charge is 2.33. The Morgan fingerprint density at radius 1 is 1.42 bits per heavy atom. The zero-order valence-corrected chi connectivity index (χ0v) is 11.1. The summed E-state index contributed by atoms with van der Waals surface area (Å²) in [6.45, 7) is 5.51. The predicted molar refractivity (Wildman–Crippen MR) is 64.9 cm³/mol. The summed E-state index contributed by atoms with van der Waals surface area (Å²) < 4.78 is 6.56. The standard InChI is InChI=1S/C11H16N4O4/c1-11(2,3)19-10(18)14-5-4-7-9(14)12-13-15(7)6-8(16)17/h4-6H2,1-3H3,(H,16,17). The van der Waals surface area contributed by atoms with E-state index in [-0.39, 0.29) is 6.54 Å². The summed E-state index contributed by atoms with van der Waals surface area (Å²) in [6, 6.07) is 0. The zero-order chi connectivity index (χ0) is 14.2. The Balaban J connectivity index is 2.16. The molecule has 8 heteroatoms. The summed E-state index contributed by atoms with van der Waals surface area (Å²) in [6.07, 6.45) is 0.0307. The van der Waals surface area contributed by atoms with Crippen molar-refractivity contribution < 1.29 is 19.4 Å². The average molecular weight is 268 g/mol. The molecule has 0 spiro atoms. The molecule has 1 aliphatic heterocycles. The van der Waals surface area contributed by atoms with E-state index in [2.05, 4.69) is 10.3 Å². The van der Waals surface area contributed by atoms with E-state index >= 15 is 0 Å². The molecule has 1 aliphatic rings. The van der Waals surface area contributed by atoms with Crippen LogP contribution in [0, 0.1) is 0 Å². The largest absolute Gasteiger partial charge is 0.480 e. The molecule has 19 heavy (non-hydrogen) atoms. The summed E-state index contributed by atoms with van der Waals surface area (Å²) in [4.78, 5) is 24.0. The molecule has 0 bridgehead atoms. The van der Waals surface area contributed by atoms with Crippen LogP contribution >= 0.6 is 0 Å². The van der Waals surface area contributed by atoms with Gasteiger partial charge < -0.3 is 9.84 Å². The maximum Gasteiger partial charge on any atom is 0.416 e. The fraction of sp³-hybridized carbons (Fsp3) is 0.636. The summed E-state index contributed by atoms with van der Waals surface area (Å²) in [5.41, 5.74) is 0.0601. The van der Waals surface area contributed by atoms with Crippen molar-refractivity contribution in [3.05, 3.63) is 5.69 Å². The molecular formula is C11H16N4O4. The van der Waals surface area contributed by atoms with Gasteiger partial charge in [-0.15, -0.1) is 5.10 Å². The predicted octanol–water partition coefficient (Wildman–Crippen LogP) is 0.660. The minimum absolute atomic E-state index is 0.259. The number of hydrogen-bond acceptors (Lipinski definition) is 5. The number of rotatable bonds is 2. The molecule has 1 aromatic heterocycles. The first kappa shape index (κ1) is 13.3. The number of carbonyl (C=O) groups excluding carboxylic acids is 1. The van der Waals surface area contributed by atoms with Crippen molar-refractivity contribution in [2.75, 3.05) is 11.4 Å². The van der Waals surface area contributed by atoms with E-state index in [1.165, 1.54) is 9.58 Å². The van der Waals surface area contributed by atoms with E-state index in [0.29, 0.717) is 24.5 Å². The monoisotopic (exact) mass is 268 g/mol. The van der Waals surface area contributed by atoms with Crippen LogP contribution in [0.25, 0.3) is 0 Å². The van der Waals surface area contributed by atoms with Crippen LogP contribution in [-0.2, 0) is 22.5 Å². The molecule has 2 rings (SSSR count). The van der Waals surface area contributed by atoms with Crippen LogP contribution in [0.4, 0.5) is 10.6 Å². The van der Waals surface area contributed by atoms with Crippen LogP contribution in [-0.4, -0.2) is 44.3 Å². The molecule has 104 valence electrons. The van der Waals surface area contributed by atoms with E-state index in [4.69, 9.17) is 9.84 Å². The molecule has 0 radical (unpaired) electrons. The number of carboxylic acid groups (broad SMARTS) is 1. The number of carbonyl (C=O) groups is 2. The lowest BCUT2D eigenvalue weighted by atomic mass is 10.2. The number of anilines is 1. The number of amides is 1. The molecule has 0 unspecified atom stereocenters. The lowest BCUT2D eigenvalue weighted by molar-refractivity contribution is -0.138. The van der Waals surface area contributed by atoms with Crippen molar-refractivity contribution in [3.63, 3.8) is 0 Å². The van der Waals surface area contributed by atoms with E-state index < -0.39 is 17.7 Å². The van der Waals surface area contributed by atoms with E-state index in [9.17, 15) is 9.59 Å². The lowest BCUT2D eigenvalue weighted by Gasteiger charge is -2.23. The van der Waals surface area contributed by atoms with Crippen molar-refractivity contribution in [1.29, 1.82) is 0 Å². The van der Waals surface area contributed by atoms with Gasteiger partial charge in [-0.25, -0.2) is 9.48 Å². The first-order chi connectivity index (χ1) is 8.78. The third kappa shape index (κ3) is 2.83. The van der Waals surface area contributed by atoms with Crippen molar-refractivity contribution in [3.8, 4) is 0 Å². The quantitative estimate of drug-likeness (QED) is 0.846. The molecule has 1 amide bonds. The van der Waals surface area contributed by atoms with Crippen LogP contribution in [0.1, 0.15) is 26.5 Å². The third-order valence-corrected chi connectivity index (χ3v) is 2.54. The number of nitrogens with zero attached hydrogens (tertiary/aromatic N) is 4. The molecule has 1 N–H and O–H groups in total. The molecule has 8 nitrogen and oxygen atoms in total. The highest BCUT2D eigenvalue weighted by atomic mass is 16.6. The van der Waals surface area contributed by atoms with E-state index in [1.54, 1.807) is 20.8 Å². The van der Waals surface area contributed by atoms with E-state index in [0.717, 1.165) is 0 Å². The summed E-state index contributed by atoms with van der Waals surface area (Å²) in [5.74, 6) is -0.612. The molecule has 1 aromatic rings. The Kier molecular flexibility index (Phi) is 3.17. The van der Waals surface area contributed by atoms with Crippen LogP contribution < -0.4 is 4.90 Å². The Labute approximate surface area is 109 Å². The topological polar surface area (TPSA) is 97.5 Å². The number of carboxylic acids is 1. The molecule has 0 aromatic carbocycles. The number of fused-ring (bicyclic) bond motifs is 1. The van der Waals surface area contributed by atoms with Gasteiger partial charge >= 0.3 is 12.1 Å². The molecule has 0 saturated carbocycles. The third-order valence-electron chi connectivity index (χ3n) is 2.54. The van der Waals surface area contributed by atoms with Crippen LogP contribution in [0.15, 0.2) is 0 Å². The average Bonchev–Trinajstić information content (AvgIpc) is 2.77. The van der Waals surface area contributed by atoms with Gasteiger partial charge in [0.15, 0.2) is 5.82 Å². The number of hydrogen-bond donors (Lipinski definition) is 1. The van der Waals surface area contributed by atoms with Gasteiger partial charge in [0.25, 0.3) is 0 Å². The summed E-state index contributed by atoms with van der Waals surface area (Å²) in [5, 5.41) is 16.4. The minimum atomic E-state index is -0.997. The number of aliphatic carboxylic acids is 1. The van der Waals surface area contributed by atoms with Gasteiger partial charge in [0.2, 0.25) is 0 Å². The van der Waals surface area contributed by atoms with Gasteiger partial charge in [0.1, 0.15) is 12.1 Å².